The zero-order chi connectivity index (χ0) is 18.4. The van der Waals surface area contributed by atoms with Gasteiger partial charge in [-0.25, -0.2) is 9.78 Å². The fourth-order valence-corrected chi connectivity index (χ4v) is 2.52. The predicted molar refractivity (Wildman–Crippen MR) is 102 cm³/mol. The first-order chi connectivity index (χ1) is 12.7. The van der Waals surface area contributed by atoms with Gasteiger partial charge >= 0.3 is 5.97 Å². The first-order valence-electron chi connectivity index (χ1n) is 7.91. The maximum Gasteiger partial charge on any atom is 0.337 e. The van der Waals surface area contributed by atoms with Gasteiger partial charge < -0.3 is 15.4 Å². The van der Waals surface area contributed by atoms with Gasteiger partial charge in [0.05, 0.1) is 12.7 Å². The van der Waals surface area contributed by atoms with Crippen molar-refractivity contribution in [1.29, 1.82) is 0 Å². The smallest absolute Gasteiger partial charge is 0.337 e. The van der Waals surface area contributed by atoms with Gasteiger partial charge in [0.2, 0.25) is 5.95 Å². The fourth-order valence-electron chi connectivity index (χ4n) is 2.32. The normalized spacial score (nSPS) is 10.2. The third-order valence-corrected chi connectivity index (χ3v) is 3.98. The number of benzene rings is 2. The van der Waals surface area contributed by atoms with Gasteiger partial charge in [-0.1, -0.05) is 35.9 Å². The average molecular weight is 369 g/mol. The molecular formula is C19H17ClN4O2. The summed E-state index contributed by atoms with van der Waals surface area (Å²) in [6, 6.07) is 16.3. The average Bonchev–Trinajstić information content (AvgIpc) is 2.67. The lowest BCUT2D eigenvalue weighted by Gasteiger charge is -2.10. The minimum atomic E-state index is -0.390. The molecule has 0 unspecified atom stereocenters. The third kappa shape index (κ3) is 4.49. The second kappa shape index (κ2) is 8.31. The molecule has 132 valence electrons. The van der Waals surface area contributed by atoms with Crippen LogP contribution in [-0.4, -0.2) is 23.0 Å². The molecule has 0 saturated carbocycles. The van der Waals surface area contributed by atoms with E-state index in [0.29, 0.717) is 28.9 Å². The van der Waals surface area contributed by atoms with Crippen LogP contribution in [0, 0.1) is 0 Å². The number of aromatic nitrogens is 2. The van der Waals surface area contributed by atoms with Crippen LogP contribution in [0.25, 0.3) is 0 Å². The minimum absolute atomic E-state index is 0.390. The van der Waals surface area contributed by atoms with Crippen LogP contribution in [-0.2, 0) is 11.3 Å². The molecule has 0 atom stereocenters. The molecule has 6 nitrogen and oxygen atoms in total. The van der Waals surface area contributed by atoms with Crippen molar-refractivity contribution >= 4 is 35.0 Å². The predicted octanol–water partition coefficient (Wildman–Crippen LogP) is 4.27. The number of halogens is 1. The summed E-state index contributed by atoms with van der Waals surface area (Å²) in [5, 5.41) is 6.98. The first-order valence-corrected chi connectivity index (χ1v) is 8.29. The number of carbonyl (C=O) groups is 1. The van der Waals surface area contributed by atoms with Crippen LogP contribution < -0.4 is 10.6 Å². The zero-order valence-corrected chi connectivity index (χ0v) is 14.8. The van der Waals surface area contributed by atoms with Crippen molar-refractivity contribution in [3.8, 4) is 0 Å². The van der Waals surface area contributed by atoms with Gasteiger partial charge in [-0.3, -0.25) is 0 Å². The van der Waals surface area contributed by atoms with E-state index in [-0.39, 0.29) is 0 Å². The van der Waals surface area contributed by atoms with Crippen LogP contribution in [0.1, 0.15) is 15.9 Å². The Balaban J connectivity index is 1.70. The number of nitrogens with one attached hydrogen (secondary N) is 2. The van der Waals surface area contributed by atoms with Crippen molar-refractivity contribution in [2.24, 2.45) is 0 Å². The molecule has 0 aliphatic rings. The Hall–Kier alpha value is -3.12. The molecule has 0 aliphatic heterocycles. The number of hydrogen-bond donors (Lipinski definition) is 2. The van der Waals surface area contributed by atoms with Crippen LogP contribution in [0.4, 0.5) is 17.5 Å². The molecule has 2 N–H and O–H groups in total. The maximum absolute atomic E-state index is 11.6. The van der Waals surface area contributed by atoms with Crippen molar-refractivity contribution in [1.82, 2.24) is 9.97 Å². The van der Waals surface area contributed by atoms with Crippen molar-refractivity contribution < 1.29 is 9.53 Å². The summed E-state index contributed by atoms with van der Waals surface area (Å²) in [5.41, 5.74) is 2.15. The fraction of sp³-hybridized carbons (Fsp3) is 0.105. The second-order valence-corrected chi connectivity index (χ2v) is 5.82. The number of rotatable bonds is 6. The Kier molecular flexibility index (Phi) is 5.66. The summed E-state index contributed by atoms with van der Waals surface area (Å²) in [6.45, 7) is 0.515. The van der Waals surface area contributed by atoms with Gasteiger partial charge in [0, 0.05) is 23.5 Å². The Bertz CT molecular complexity index is 917. The summed E-state index contributed by atoms with van der Waals surface area (Å²) >= 11 is 6.15. The molecule has 0 aliphatic carbocycles. The number of esters is 1. The van der Waals surface area contributed by atoms with Crippen molar-refractivity contribution in [2.45, 2.75) is 6.54 Å². The van der Waals surface area contributed by atoms with Gasteiger partial charge in [-0.05, 0) is 35.9 Å². The summed E-state index contributed by atoms with van der Waals surface area (Å²) < 4.78 is 4.73. The number of anilines is 3. The highest BCUT2D eigenvalue weighted by Gasteiger charge is 2.07. The van der Waals surface area contributed by atoms with Crippen molar-refractivity contribution in [3.05, 3.63) is 76.9 Å². The van der Waals surface area contributed by atoms with Gasteiger partial charge in [-0.15, -0.1) is 0 Å². The van der Waals surface area contributed by atoms with Crippen LogP contribution in [0.3, 0.4) is 0 Å². The summed E-state index contributed by atoms with van der Waals surface area (Å²) in [4.78, 5) is 20.2. The molecule has 0 radical (unpaired) electrons. The Morgan fingerprint density at radius 3 is 2.81 bits per heavy atom. The van der Waals surface area contributed by atoms with Gasteiger partial charge in [0.1, 0.15) is 5.82 Å². The minimum Gasteiger partial charge on any atom is -0.465 e. The second-order valence-electron chi connectivity index (χ2n) is 5.41. The number of hydrogen-bond acceptors (Lipinski definition) is 6. The van der Waals surface area contributed by atoms with E-state index in [9.17, 15) is 4.79 Å². The number of ether oxygens (including phenoxy) is 1. The molecule has 3 aromatic rings. The monoisotopic (exact) mass is 368 g/mol. The van der Waals surface area contributed by atoms with E-state index in [1.54, 1.807) is 30.5 Å². The van der Waals surface area contributed by atoms with Crippen molar-refractivity contribution in [2.75, 3.05) is 17.7 Å². The van der Waals surface area contributed by atoms with Crippen molar-refractivity contribution in [3.63, 3.8) is 0 Å². The Labute approximate surface area is 156 Å². The van der Waals surface area contributed by atoms with E-state index in [0.717, 1.165) is 11.3 Å². The molecule has 0 amide bonds. The largest absolute Gasteiger partial charge is 0.465 e. The molecule has 3 rings (SSSR count). The Morgan fingerprint density at radius 2 is 2.00 bits per heavy atom. The quantitative estimate of drug-likeness (QED) is 0.633. The van der Waals surface area contributed by atoms with E-state index in [4.69, 9.17) is 16.3 Å². The summed E-state index contributed by atoms with van der Waals surface area (Å²) in [5.74, 6) is 0.682. The molecule has 26 heavy (non-hydrogen) atoms. The highest BCUT2D eigenvalue weighted by molar-refractivity contribution is 6.31. The van der Waals surface area contributed by atoms with Crippen LogP contribution in [0.5, 0.6) is 0 Å². The topological polar surface area (TPSA) is 76.1 Å². The molecule has 1 heterocycles. The molecule has 2 aromatic carbocycles. The van der Waals surface area contributed by atoms with E-state index in [2.05, 4.69) is 20.6 Å². The number of methoxy groups -OCH3 is 1. The number of carbonyl (C=O) groups excluding carboxylic acids is 1. The third-order valence-electron chi connectivity index (χ3n) is 3.61. The molecule has 0 spiro atoms. The maximum atomic E-state index is 11.6. The lowest BCUT2D eigenvalue weighted by molar-refractivity contribution is 0.0601. The van der Waals surface area contributed by atoms with Crippen LogP contribution in [0.15, 0.2) is 60.8 Å². The van der Waals surface area contributed by atoms with E-state index < -0.39 is 5.97 Å². The summed E-state index contributed by atoms with van der Waals surface area (Å²) in [7, 11) is 1.35. The van der Waals surface area contributed by atoms with E-state index in [1.165, 1.54) is 7.11 Å². The lowest BCUT2D eigenvalue weighted by Crippen LogP contribution is -2.06. The molecule has 7 heteroatoms. The lowest BCUT2D eigenvalue weighted by atomic mass is 10.2. The van der Waals surface area contributed by atoms with E-state index >= 15 is 0 Å². The zero-order valence-electron chi connectivity index (χ0n) is 14.1. The molecule has 0 saturated heterocycles. The molecular weight excluding hydrogens is 352 g/mol. The van der Waals surface area contributed by atoms with Gasteiger partial charge in [-0.2, -0.15) is 4.98 Å². The molecule has 0 fully saturated rings. The molecule has 0 bridgehead atoms. The SMILES string of the molecule is COC(=O)c1cccc(Nc2ccnc(NCc3ccccc3Cl)n2)c1. The van der Waals surface area contributed by atoms with E-state index in [1.807, 2.05) is 30.3 Å². The summed E-state index contributed by atoms with van der Waals surface area (Å²) in [6.07, 6.45) is 1.65. The van der Waals surface area contributed by atoms with Crippen LogP contribution in [0.2, 0.25) is 5.02 Å². The first kappa shape index (κ1) is 17.7. The highest BCUT2D eigenvalue weighted by Crippen LogP contribution is 2.19. The highest BCUT2D eigenvalue weighted by atomic mass is 35.5. The molecule has 1 aromatic heterocycles. The van der Waals surface area contributed by atoms with Gasteiger partial charge in [0.25, 0.3) is 0 Å². The number of nitrogens with zero attached hydrogens (tertiary/aromatic N) is 2. The Morgan fingerprint density at radius 1 is 1.15 bits per heavy atom. The van der Waals surface area contributed by atoms with Crippen LogP contribution >= 0.6 is 11.6 Å². The van der Waals surface area contributed by atoms with Gasteiger partial charge in [0.15, 0.2) is 0 Å². The standard InChI is InChI=1S/C19H17ClN4O2/c1-26-18(25)13-6-4-7-15(11-13)23-17-9-10-21-19(24-17)22-12-14-5-2-3-8-16(14)20/h2-11H,12H2,1H3,(H2,21,22,23,24).